The topological polar surface area (TPSA) is 110 Å². The average molecular weight is 453 g/mol. The van der Waals surface area contributed by atoms with Crippen molar-refractivity contribution in [2.45, 2.75) is 91.9 Å². The number of imide groups is 2. The van der Waals surface area contributed by atoms with Crippen LogP contribution < -0.4 is 0 Å². The molecule has 32 heavy (non-hydrogen) atoms. The Labute approximate surface area is 189 Å². The van der Waals surface area contributed by atoms with E-state index < -0.39 is 41.6 Å². The molecular formula is C23H36N2O7. The van der Waals surface area contributed by atoms with E-state index in [9.17, 15) is 24.0 Å². The molecule has 2 aliphatic heterocycles. The minimum Gasteiger partial charge on any atom is -0.293 e. The van der Waals surface area contributed by atoms with Crippen LogP contribution >= 0.6 is 0 Å². The third-order valence-electron chi connectivity index (χ3n) is 6.51. The van der Waals surface area contributed by atoms with Crippen LogP contribution in [0.4, 0.5) is 4.79 Å². The summed E-state index contributed by atoms with van der Waals surface area (Å²) in [4.78, 5) is 71.4. The minimum atomic E-state index is -1.45. The van der Waals surface area contributed by atoms with Gasteiger partial charge in [0.05, 0.1) is 11.8 Å². The first kappa shape index (κ1) is 25.8. The van der Waals surface area contributed by atoms with Crippen molar-refractivity contribution in [3.8, 4) is 0 Å². The highest BCUT2D eigenvalue weighted by Crippen LogP contribution is 2.32. The van der Waals surface area contributed by atoms with Gasteiger partial charge in [0, 0.05) is 12.8 Å². The average Bonchev–Trinajstić information content (AvgIpc) is 3.19. The predicted octanol–water partition coefficient (Wildman–Crippen LogP) is 4.15. The number of amides is 4. The van der Waals surface area contributed by atoms with E-state index in [4.69, 9.17) is 9.68 Å². The molecule has 9 nitrogen and oxygen atoms in total. The van der Waals surface area contributed by atoms with Gasteiger partial charge in [-0.1, -0.05) is 76.3 Å². The summed E-state index contributed by atoms with van der Waals surface area (Å²) in [6, 6.07) is 0. The lowest BCUT2D eigenvalue weighted by Crippen LogP contribution is -2.39. The summed E-state index contributed by atoms with van der Waals surface area (Å²) in [5, 5.41) is 0.804. The van der Waals surface area contributed by atoms with Gasteiger partial charge in [0.1, 0.15) is 0 Å². The monoisotopic (exact) mass is 452 g/mol. The van der Waals surface area contributed by atoms with Crippen LogP contribution in [0.5, 0.6) is 0 Å². The first-order valence-corrected chi connectivity index (χ1v) is 11.8. The molecule has 0 saturated carbocycles. The molecule has 0 aromatic carbocycles. The molecule has 4 unspecified atom stereocenters. The Morgan fingerprint density at radius 1 is 0.781 bits per heavy atom. The van der Waals surface area contributed by atoms with Gasteiger partial charge in [-0.15, -0.1) is 0 Å². The Balaban J connectivity index is 1.90. The normalized spacial score (nSPS) is 23.1. The molecule has 2 rings (SSSR count). The Morgan fingerprint density at radius 3 is 1.50 bits per heavy atom. The fraction of sp³-hybridized carbons (Fsp3) is 0.783. The van der Waals surface area contributed by atoms with E-state index in [2.05, 4.69) is 13.8 Å². The zero-order chi connectivity index (χ0) is 23.8. The molecule has 2 heterocycles. The summed E-state index contributed by atoms with van der Waals surface area (Å²) in [6.45, 7) is 7.97. The standard InChI is InChI=1S/C23H36N2O7/c1-5-7-9-11-15(3)17-13-19(26)24(21(17)28)31-23(30)32-25-20(27)14-18(22(25)29)16(4)12-10-8-6-2/h15-18H,5-14H2,1-4H3. The van der Waals surface area contributed by atoms with Crippen LogP contribution in [0.2, 0.25) is 0 Å². The molecule has 0 bridgehead atoms. The molecule has 4 atom stereocenters. The number of hydrogen-bond acceptors (Lipinski definition) is 7. The summed E-state index contributed by atoms with van der Waals surface area (Å²) in [7, 11) is 0. The molecule has 2 fully saturated rings. The SMILES string of the molecule is CCCCCC(C)C1CC(=O)N(OC(=O)ON2C(=O)CC(C(C)CCCCC)C2=O)C1=O. The van der Waals surface area contributed by atoms with Crippen molar-refractivity contribution in [3.63, 3.8) is 0 Å². The van der Waals surface area contributed by atoms with Crippen molar-refractivity contribution in [3.05, 3.63) is 0 Å². The van der Waals surface area contributed by atoms with E-state index in [1.807, 2.05) is 13.8 Å². The number of nitrogens with zero attached hydrogens (tertiary/aromatic N) is 2. The van der Waals surface area contributed by atoms with Gasteiger partial charge >= 0.3 is 6.16 Å². The summed E-state index contributed by atoms with van der Waals surface area (Å²) in [5.74, 6) is -3.65. The molecular weight excluding hydrogens is 416 g/mol. The number of unbranched alkanes of at least 4 members (excludes halogenated alkanes) is 4. The predicted molar refractivity (Wildman–Crippen MR) is 114 cm³/mol. The number of carbonyl (C=O) groups is 5. The van der Waals surface area contributed by atoms with Gasteiger partial charge in [-0.3, -0.25) is 28.9 Å². The first-order chi connectivity index (χ1) is 15.2. The van der Waals surface area contributed by atoms with Gasteiger partial charge in [0.15, 0.2) is 0 Å². The van der Waals surface area contributed by atoms with Crippen molar-refractivity contribution >= 4 is 29.8 Å². The molecule has 0 aliphatic carbocycles. The zero-order valence-corrected chi connectivity index (χ0v) is 19.6. The van der Waals surface area contributed by atoms with Crippen LogP contribution in [-0.2, 0) is 28.9 Å². The van der Waals surface area contributed by atoms with Crippen LogP contribution in [0.3, 0.4) is 0 Å². The van der Waals surface area contributed by atoms with Gasteiger partial charge in [-0.2, -0.15) is 4.79 Å². The summed E-state index contributed by atoms with van der Waals surface area (Å²) in [5.41, 5.74) is 0. The van der Waals surface area contributed by atoms with Crippen molar-refractivity contribution in [2.24, 2.45) is 23.7 Å². The van der Waals surface area contributed by atoms with Crippen molar-refractivity contribution < 1.29 is 33.6 Å². The maximum absolute atomic E-state index is 12.6. The van der Waals surface area contributed by atoms with E-state index in [0.29, 0.717) is 10.1 Å². The van der Waals surface area contributed by atoms with E-state index in [-0.39, 0.29) is 24.7 Å². The third kappa shape index (κ3) is 6.29. The summed E-state index contributed by atoms with van der Waals surface area (Å²) < 4.78 is 0. The Bertz CT molecular complexity index is 665. The van der Waals surface area contributed by atoms with Crippen LogP contribution in [0, 0.1) is 23.7 Å². The quantitative estimate of drug-likeness (QED) is 0.323. The van der Waals surface area contributed by atoms with Crippen molar-refractivity contribution in [2.75, 3.05) is 0 Å². The Hall–Kier alpha value is -2.45. The molecule has 0 aromatic rings. The molecule has 180 valence electrons. The second-order valence-electron chi connectivity index (χ2n) is 9.05. The van der Waals surface area contributed by atoms with E-state index in [1.165, 1.54) is 0 Å². The fourth-order valence-corrected chi connectivity index (χ4v) is 4.35. The van der Waals surface area contributed by atoms with E-state index in [1.54, 1.807) is 0 Å². The molecule has 0 aromatic heterocycles. The van der Waals surface area contributed by atoms with Gasteiger partial charge in [-0.25, -0.2) is 0 Å². The minimum absolute atomic E-state index is 0.0284. The molecule has 0 spiro atoms. The fourth-order valence-electron chi connectivity index (χ4n) is 4.35. The largest absolute Gasteiger partial charge is 0.560 e. The second-order valence-corrected chi connectivity index (χ2v) is 9.05. The van der Waals surface area contributed by atoms with Gasteiger partial charge in [0.2, 0.25) is 0 Å². The smallest absolute Gasteiger partial charge is 0.293 e. The van der Waals surface area contributed by atoms with Crippen LogP contribution in [-0.4, -0.2) is 39.9 Å². The molecule has 4 amide bonds. The zero-order valence-electron chi connectivity index (χ0n) is 19.6. The van der Waals surface area contributed by atoms with Crippen LogP contribution in [0.25, 0.3) is 0 Å². The number of carbonyl (C=O) groups excluding carboxylic acids is 5. The third-order valence-corrected chi connectivity index (χ3v) is 6.51. The summed E-state index contributed by atoms with van der Waals surface area (Å²) >= 11 is 0. The Morgan fingerprint density at radius 2 is 1.16 bits per heavy atom. The molecule has 2 aliphatic rings. The molecule has 0 N–H and O–H groups in total. The van der Waals surface area contributed by atoms with Gasteiger partial charge in [0.25, 0.3) is 23.6 Å². The lowest BCUT2D eigenvalue weighted by Gasteiger charge is -2.19. The maximum Gasteiger partial charge on any atom is 0.560 e. The second kappa shape index (κ2) is 12.0. The highest BCUT2D eigenvalue weighted by Gasteiger charge is 2.47. The van der Waals surface area contributed by atoms with Crippen molar-refractivity contribution in [1.82, 2.24) is 10.1 Å². The maximum atomic E-state index is 12.6. The first-order valence-electron chi connectivity index (χ1n) is 11.8. The lowest BCUT2D eigenvalue weighted by atomic mass is 9.88. The van der Waals surface area contributed by atoms with Gasteiger partial charge in [-0.05, 0) is 24.7 Å². The molecule has 0 radical (unpaired) electrons. The number of rotatable bonds is 12. The molecule has 9 heteroatoms. The number of hydroxylamine groups is 4. The lowest BCUT2D eigenvalue weighted by molar-refractivity contribution is -0.199. The van der Waals surface area contributed by atoms with Crippen LogP contribution in [0.15, 0.2) is 0 Å². The summed E-state index contributed by atoms with van der Waals surface area (Å²) in [6.07, 6.45) is 6.16. The van der Waals surface area contributed by atoms with Gasteiger partial charge < -0.3 is 0 Å². The van der Waals surface area contributed by atoms with E-state index >= 15 is 0 Å². The van der Waals surface area contributed by atoms with E-state index in [0.717, 1.165) is 51.4 Å². The highest BCUT2D eigenvalue weighted by atomic mass is 16.9. The number of hydrogen-bond donors (Lipinski definition) is 0. The highest BCUT2D eigenvalue weighted by molar-refractivity contribution is 6.04. The Kier molecular flexibility index (Phi) is 9.65. The van der Waals surface area contributed by atoms with Crippen LogP contribution in [0.1, 0.15) is 91.9 Å². The molecule has 2 saturated heterocycles. The van der Waals surface area contributed by atoms with Crippen molar-refractivity contribution in [1.29, 1.82) is 0 Å².